The van der Waals surface area contributed by atoms with Gasteiger partial charge in [-0.1, -0.05) is 18.3 Å². The summed E-state index contributed by atoms with van der Waals surface area (Å²) in [6, 6.07) is 0.555. The molecule has 5 heteroatoms. The van der Waals surface area contributed by atoms with Crippen molar-refractivity contribution in [3.05, 3.63) is 10.6 Å². The summed E-state index contributed by atoms with van der Waals surface area (Å²) < 4.78 is 0. The number of piperidine rings is 1. The van der Waals surface area contributed by atoms with E-state index in [4.69, 9.17) is 11.1 Å². The number of rotatable bonds is 3. The van der Waals surface area contributed by atoms with Gasteiger partial charge in [0.25, 0.3) is 0 Å². The van der Waals surface area contributed by atoms with E-state index < -0.39 is 0 Å². The smallest absolute Gasteiger partial charge is 0.186 e. The van der Waals surface area contributed by atoms with Crippen molar-refractivity contribution < 1.29 is 0 Å². The van der Waals surface area contributed by atoms with Crippen molar-refractivity contribution in [3.8, 4) is 0 Å². The van der Waals surface area contributed by atoms with Crippen molar-refractivity contribution in [2.45, 2.75) is 45.6 Å². The van der Waals surface area contributed by atoms with Crippen LogP contribution in [0.2, 0.25) is 0 Å². The average molecular weight is 252 g/mol. The number of anilines is 1. The summed E-state index contributed by atoms with van der Waals surface area (Å²) in [5, 5.41) is 8.63. The molecule has 1 aliphatic rings. The Morgan fingerprint density at radius 2 is 2.35 bits per heavy atom. The number of aryl methyl sites for hydroxylation is 1. The van der Waals surface area contributed by atoms with Gasteiger partial charge >= 0.3 is 0 Å². The fourth-order valence-electron chi connectivity index (χ4n) is 2.29. The van der Waals surface area contributed by atoms with Gasteiger partial charge in [-0.05, 0) is 32.6 Å². The van der Waals surface area contributed by atoms with Crippen molar-refractivity contribution in [2.75, 3.05) is 11.4 Å². The van der Waals surface area contributed by atoms with Gasteiger partial charge in [0.15, 0.2) is 5.13 Å². The molecular formula is C12H20N4S. The molecule has 1 aliphatic heterocycles. The number of amidine groups is 1. The molecular weight excluding hydrogens is 232 g/mol. The van der Waals surface area contributed by atoms with E-state index in [0.717, 1.165) is 28.7 Å². The Morgan fingerprint density at radius 3 is 2.88 bits per heavy atom. The number of aromatic nitrogens is 1. The number of hydrogen-bond donors (Lipinski definition) is 2. The van der Waals surface area contributed by atoms with Crippen LogP contribution in [0.1, 0.15) is 43.7 Å². The molecule has 0 aliphatic carbocycles. The lowest BCUT2D eigenvalue weighted by molar-refractivity contribution is 0.484. The first-order chi connectivity index (χ1) is 8.13. The minimum Gasteiger partial charge on any atom is -0.383 e. The monoisotopic (exact) mass is 252 g/mol. The maximum Gasteiger partial charge on any atom is 0.186 e. The topological polar surface area (TPSA) is 66.0 Å². The van der Waals surface area contributed by atoms with Gasteiger partial charge in [-0.2, -0.15) is 0 Å². The third-order valence-corrected chi connectivity index (χ3v) is 4.48. The second kappa shape index (κ2) is 5.04. The predicted octanol–water partition coefficient (Wildman–Crippen LogP) is 2.37. The summed E-state index contributed by atoms with van der Waals surface area (Å²) in [6.45, 7) is 5.39. The van der Waals surface area contributed by atoms with Crippen LogP contribution in [0, 0.1) is 5.41 Å². The van der Waals surface area contributed by atoms with Gasteiger partial charge in [0.2, 0.25) is 0 Å². The third kappa shape index (κ3) is 2.44. The molecule has 1 aromatic rings. The lowest BCUT2D eigenvalue weighted by Crippen LogP contribution is -2.37. The van der Waals surface area contributed by atoms with Gasteiger partial charge in [-0.25, -0.2) is 4.98 Å². The highest BCUT2D eigenvalue weighted by molar-refractivity contribution is 7.17. The Labute approximate surface area is 106 Å². The Morgan fingerprint density at radius 1 is 1.59 bits per heavy atom. The molecule has 1 atom stereocenters. The molecule has 0 aromatic carbocycles. The Hall–Kier alpha value is -1.10. The predicted molar refractivity (Wildman–Crippen MR) is 73.2 cm³/mol. The van der Waals surface area contributed by atoms with E-state index in [2.05, 4.69) is 23.7 Å². The number of hydrogen-bond acceptors (Lipinski definition) is 4. The van der Waals surface area contributed by atoms with Crippen LogP contribution in [0.5, 0.6) is 0 Å². The fourth-order valence-corrected chi connectivity index (χ4v) is 3.44. The van der Waals surface area contributed by atoms with Crippen molar-refractivity contribution in [2.24, 2.45) is 5.73 Å². The first-order valence-electron chi connectivity index (χ1n) is 6.24. The highest BCUT2D eigenvalue weighted by Gasteiger charge is 2.23. The van der Waals surface area contributed by atoms with Crippen LogP contribution in [-0.2, 0) is 6.42 Å². The Bertz CT molecular complexity index is 413. The van der Waals surface area contributed by atoms with Crippen LogP contribution >= 0.6 is 11.3 Å². The molecule has 1 saturated heterocycles. The van der Waals surface area contributed by atoms with Crippen LogP contribution in [0.3, 0.4) is 0 Å². The van der Waals surface area contributed by atoms with Gasteiger partial charge in [0.1, 0.15) is 5.84 Å². The quantitative estimate of drug-likeness (QED) is 0.641. The summed E-state index contributed by atoms with van der Waals surface area (Å²) in [6.07, 6.45) is 4.62. The van der Waals surface area contributed by atoms with Crippen LogP contribution in [0.4, 0.5) is 5.13 Å². The van der Waals surface area contributed by atoms with E-state index in [1.54, 1.807) is 11.3 Å². The first-order valence-corrected chi connectivity index (χ1v) is 7.05. The zero-order valence-corrected chi connectivity index (χ0v) is 11.3. The van der Waals surface area contributed by atoms with E-state index in [0.29, 0.717) is 6.04 Å². The first kappa shape index (κ1) is 12.4. The van der Waals surface area contributed by atoms with Gasteiger partial charge < -0.3 is 10.6 Å². The second-order valence-electron chi connectivity index (χ2n) is 4.58. The second-order valence-corrected chi connectivity index (χ2v) is 5.56. The minimum atomic E-state index is 0.148. The van der Waals surface area contributed by atoms with E-state index in [-0.39, 0.29) is 5.84 Å². The Kier molecular flexibility index (Phi) is 3.66. The lowest BCUT2D eigenvalue weighted by atomic mass is 10.1. The number of thiazole rings is 1. The molecule has 2 heterocycles. The normalized spacial score (nSPS) is 20.6. The summed E-state index contributed by atoms with van der Waals surface area (Å²) in [7, 11) is 0. The zero-order valence-electron chi connectivity index (χ0n) is 10.5. The number of nitrogen functional groups attached to an aromatic ring is 1. The molecule has 1 unspecified atom stereocenters. The highest BCUT2D eigenvalue weighted by atomic mass is 32.1. The van der Waals surface area contributed by atoms with Crippen molar-refractivity contribution in [3.63, 3.8) is 0 Å². The van der Waals surface area contributed by atoms with E-state index >= 15 is 0 Å². The van der Waals surface area contributed by atoms with Crippen LogP contribution in [-0.4, -0.2) is 23.4 Å². The van der Waals surface area contributed by atoms with E-state index in [9.17, 15) is 0 Å². The number of nitrogens with one attached hydrogen (secondary N) is 1. The Balaban J connectivity index is 2.29. The molecule has 2 rings (SSSR count). The van der Waals surface area contributed by atoms with E-state index in [1.807, 2.05) is 0 Å². The average Bonchev–Trinajstić information content (AvgIpc) is 2.73. The van der Waals surface area contributed by atoms with Crippen molar-refractivity contribution in [1.29, 1.82) is 5.41 Å². The SMILES string of the molecule is CCc1nc(N2CCCCC2C)sc1C(=N)N. The largest absolute Gasteiger partial charge is 0.383 e. The lowest BCUT2D eigenvalue weighted by Gasteiger charge is -2.33. The van der Waals surface area contributed by atoms with Crippen molar-refractivity contribution >= 4 is 22.3 Å². The van der Waals surface area contributed by atoms with Gasteiger partial charge in [0.05, 0.1) is 10.6 Å². The van der Waals surface area contributed by atoms with Crippen molar-refractivity contribution in [1.82, 2.24) is 4.98 Å². The molecule has 0 amide bonds. The molecule has 0 spiro atoms. The molecule has 4 nitrogen and oxygen atoms in total. The molecule has 94 valence electrons. The number of nitrogens with zero attached hydrogens (tertiary/aromatic N) is 2. The summed E-state index contributed by atoms with van der Waals surface area (Å²) in [4.78, 5) is 7.86. The zero-order chi connectivity index (χ0) is 12.4. The standard InChI is InChI=1S/C12H20N4S/c1-3-9-10(11(13)14)17-12(15-9)16-7-5-4-6-8(16)2/h8H,3-7H2,1-2H3,(H3,13,14). The maximum absolute atomic E-state index is 7.59. The van der Waals surface area contributed by atoms with Gasteiger partial charge in [0, 0.05) is 12.6 Å². The summed E-state index contributed by atoms with van der Waals surface area (Å²) in [5.74, 6) is 0.148. The highest BCUT2D eigenvalue weighted by Crippen LogP contribution is 2.31. The van der Waals surface area contributed by atoms with Gasteiger partial charge in [-0.15, -0.1) is 0 Å². The fraction of sp³-hybridized carbons (Fsp3) is 0.667. The van der Waals surface area contributed by atoms with Gasteiger partial charge in [-0.3, -0.25) is 5.41 Å². The summed E-state index contributed by atoms with van der Waals surface area (Å²) in [5.41, 5.74) is 6.57. The van der Waals surface area contributed by atoms with E-state index in [1.165, 1.54) is 19.3 Å². The molecule has 3 N–H and O–H groups in total. The molecule has 0 saturated carbocycles. The molecule has 17 heavy (non-hydrogen) atoms. The maximum atomic E-state index is 7.59. The molecule has 1 aromatic heterocycles. The van der Waals surface area contributed by atoms with Crippen LogP contribution in [0.25, 0.3) is 0 Å². The van der Waals surface area contributed by atoms with Crippen LogP contribution < -0.4 is 10.6 Å². The third-order valence-electron chi connectivity index (χ3n) is 3.31. The molecule has 0 bridgehead atoms. The molecule has 0 radical (unpaired) electrons. The number of nitrogens with two attached hydrogens (primary N) is 1. The summed E-state index contributed by atoms with van der Waals surface area (Å²) >= 11 is 1.57. The minimum absolute atomic E-state index is 0.148. The van der Waals surface area contributed by atoms with Crippen LogP contribution in [0.15, 0.2) is 0 Å². The molecule has 1 fully saturated rings.